The monoisotopic (exact) mass is 359 g/mol. The van der Waals surface area contributed by atoms with E-state index in [9.17, 15) is 9.59 Å². The standard InChI is InChI=1S/C22H21N3O2/c1-14-4-5-15(2)20(12-14)25-22(27)18-8-11-21(23-13-18)24-19-9-6-17(7-10-19)16(3)26/h4-13H,1-3H3,(H,23,24)(H,25,27). The highest BCUT2D eigenvalue weighted by molar-refractivity contribution is 6.04. The fourth-order valence-electron chi connectivity index (χ4n) is 2.60. The SMILES string of the molecule is CC(=O)c1ccc(Nc2ccc(C(=O)Nc3cc(C)ccc3C)cn2)cc1. The van der Waals surface area contributed by atoms with Crippen LogP contribution in [0.25, 0.3) is 0 Å². The highest BCUT2D eigenvalue weighted by Gasteiger charge is 2.09. The Kier molecular flexibility index (Phi) is 5.31. The molecule has 2 N–H and O–H groups in total. The predicted molar refractivity (Wildman–Crippen MR) is 108 cm³/mol. The molecule has 3 aromatic rings. The van der Waals surface area contributed by atoms with Crippen LogP contribution in [0.4, 0.5) is 17.2 Å². The van der Waals surface area contributed by atoms with Crippen molar-refractivity contribution in [3.8, 4) is 0 Å². The molecule has 0 unspecified atom stereocenters. The van der Waals surface area contributed by atoms with Crippen LogP contribution in [-0.2, 0) is 0 Å². The Labute approximate surface area is 158 Å². The minimum absolute atomic E-state index is 0.0267. The zero-order chi connectivity index (χ0) is 19.4. The Balaban J connectivity index is 1.68. The molecule has 5 heteroatoms. The number of nitrogens with one attached hydrogen (secondary N) is 2. The van der Waals surface area contributed by atoms with Crippen LogP contribution in [0.3, 0.4) is 0 Å². The number of amides is 1. The number of aromatic nitrogens is 1. The lowest BCUT2D eigenvalue weighted by atomic mass is 10.1. The first-order chi connectivity index (χ1) is 12.9. The number of pyridine rings is 1. The van der Waals surface area contributed by atoms with Crippen molar-refractivity contribution in [2.24, 2.45) is 0 Å². The van der Waals surface area contributed by atoms with E-state index in [0.29, 0.717) is 16.9 Å². The van der Waals surface area contributed by atoms with E-state index in [2.05, 4.69) is 15.6 Å². The van der Waals surface area contributed by atoms with E-state index in [1.165, 1.54) is 13.1 Å². The topological polar surface area (TPSA) is 71.1 Å². The first-order valence-corrected chi connectivity index (χ1v) is 8.65. The smallest absolute Gasteiger partial charge is 0.257 e. The van der Waals surface area contributed by atoms with Crippen molar-refractivity contribution in [1.82, 2.24) is 4.98 Å². The second-order valence-corrected chi connectivity index (χ2v) is 6.46. The molecule has 0 aliphatic carbocycles. The normalized spacial score (nSPS) is 10.3. The number of hydrogen-bond donors (Lipinski definition) is 2. The van der Waals surface area contributed by atoms with Gasteiger partial charge in [0.05, 0.1) is 5.56 Å². The van der Waals surface area contributed by atoms with E-state index in [0.717, 1.165) is 22.5 Å². The summed E-state index contributed by atoms with van der Waals surface area (Å²) >= 11 is 0. The molecule has 0 aliphatic heterocycles. The second-order valence-electron chi connectivity index (χ2n) is 6.46. The Morgan fingerprint density at radius 3 is 2.22 bits per heavy atom. The molecule has 0 saturated heterocycles. The highest BCUT2D eigenvalue weighted by atomic mass is 16.1. The third-order valence-corrected chi connectivity index (χ3v) is 4.23. The van der Waals surface area contributed by atoms with Crippen LogP contribution in [-0.4, -0.2) is 16.7 Å². The molecule has 1 heterocycles. The summed E-state index contributed by atoms with van der Waals surface area (Å²) in [5, 5.41) is 6.07. The number of ketones is 1. The van der Waals surface area contributed by atoms with E-state index >= 15 is 0 Å². The van der Waals surface area contributed by atoms with Gasteiger partial charge in [0.25, 0.3) is 5.91 Å². The van der Waals surface area contributed by atoms with Crippen LogP contribution >= 0.6 is 0 Å². The molecule has 0 radical (unpaired) electrons. The largest absolute Gasteiger partial charge is 0.340 e. The van der Waals surface area contributed by atoms with Gasteiger partial charge < -0.3 is 10.6 Å². The lowest BCUT2D eigenvalue weighted by Crippen LogP contribution is -2.13. The molecule has 0 bridgehead atoms. The molecule has 0 aliphatic rings. The summed E-state index contributed by atoms with van der Waals surface area (Å²) in [6.07, 6.45) is 1.53. The minimum Gasteiger partial charge on any atom is -0.340 e. The van der Waals surface area contributed by atoms with Crippen molar-refractivity contribution in [3.63, 3.8) is 0 Å². The van der Waals surface area contributed by atoms with Crippen molar-refractivity contribution in [1.29, 1.82) is 0 Å². The minimum atomic E-state index is -0.200. The molecule has 1 amide bonds. The predicted octanol–water partition coefficient (Wildman–Crippen LogP) is 4.90. The molecule has 3 rings (SSSR count). The summed E-state index contributed by atoms with van der Waals surface area (Å²) in [5.41, 5.74) is 4.85. The molecule has 136 valence electrons. The van der Waals surface area contributed by atoms with E-state index < -0.39 is 0 Å². The fraction of sp³-hybridized carbons (Fsp3) is 0.136. The number of rotatable bonds is 5. The van der Waals surface area contributed by atoms with Crippen LogP contribution in [0.15, 0.2) is 60.8 Å². The highest BCUT2D eigenvalue weighted by Crippen LogP contribution is 2.19. The van der Waals surface area contributed by atoms with Crippen LogP contribution in [0, 0.1) is 13.8 Å². The summed E-state index contributed by atoms with van der Waals surface area (Å²) in [7, 11) is 0. The third kappa shape index (κ3) is 4.58. The van der Waals surface area contributed by atoms with Gasteiger partial charge in [-0.25, -0.2) is 4.98 Å². The lowest BCUT2D eigenvalue weighted by Gasteiger charge is -2.10. The molecule has 0 spiro atoms. The number of carbonyl (C=O) groups excluding carboxylic acids is 2. The maximum absolute atomic E-state index is 12.4. The average Bonchev–Trinajstić information content (AvgIpc) is 2.65. The third-order valence-electron chi connectivity index (χ3n) is 4.23. The molecule has 27 heavy (non-hydrogen) atoms. The number of benzene rings is 2. The van der Waals surface area contributed by atoms with Gasteiger partial charge in [0, 0.05) is 23.1 Å². The number of anilines is 3. The van der Waals surface area contributed by atoms with Gasteiger partial charge in [-0.1, -0.05) is 12.1 Å². The molecule has 0 atom stereocenters. The fourth-order valence-corrected chi connectivity index (χ4v) is 2.60. The molecular formula is C22H21N3O2. The molecular weight excluding hydrogens is 338 g/mol. The summed E-state index contributed by atoms with van der Waals surface area (Å²) in [6.45, 7) is 5.48. The van der Waals surface area contributed by atoms with Crippen molar-refractivity contribution < 1.29 is 9.59 Å². The Bertz CT molecular complexity index is 977. The first kappa shape index (κ1) is 18.3. The van der Waals surface area contributed by atoms with E-state index in [4.69, 9.17) is 0 Å². The first-order valence-electron chi connectivity index (χ1n) is 8.65. The van der Waals surface area contributed by atoms with Crippen molar-refractivity contribution in [3.05, 3.63) is 83.0 Å². The summed E-state index contributed by atoms with van der Waals surface area (Å²) in [4.78, 5) is 28.1. The van der Waals surface area contributed by atoms with Gasteiger partial charge in [0.15, 0.2) is 5.78 Å². The van der Waals surface area contributed by atoms with Gasteiger partial charge in [-0.15, -0.1) is 0 Å². The number of hydrogen-bond acceptors (Lipinski definition) is 4. The quantitative estimate of drug-likeness (QED) is 0.636. The van der Waals surface area contributed by atoms with E-state index in [1.54, 1.807) is 24.3 Å². The second kappa shape index (κ2) is 7.83. The Morgan fingerprint density at radius 2 is 1.59 bits per heavy atom. The summed E-state index contributed by atoms with van der Waals surface area (Å²) < 4.78 is 0. The van der Waals surface area contributed by atoms with E-state index in [-0.39, 0.29) is 11.7 Å². The number of Topliss-reactive ketones (excluding diaryl/α,β-unsaturated/α-hetero) is 1. The Morgan fingerprint density at radius 1 is 0.889 bits per heavy atom. The van der Waals surface area contributed by atoms with Crippen LogP contribution in [0.1, 0.15) is 38.8 Å². The van der Waals surface area contributed by atoms with Gasteiger partial charge in [-0.3, -0.25) is 9.59 Å². The molecule has 0 saturated carbocycles. The molecule has 1 aromatic heterocycles. The molecule has 5 nitrogen and oxygen atoms in total. The zero-order valence-corrected chi connectivity index (χ0v) is 15.5. The van der Waals surface area contributed by atoms with Crippen molar-refractivity contribution in [2.75, 3.05) is 10.6 Å². The van der Waals surface area contributed by atoms with Crippen molar-refractivity contribution >= 4 is 28.9 Å². The Hall–Kier alpha value is -3.47. The summed E-state index contributed by atoms with van der Waals surface area (Å²) in [5.74, 6) is 0.446. The molecule has 2 aromatic carbocycles. The van der Waals surface area contributed by atoms with E-state index in [1.807, 2.05) is 44.2 Å². The van der Waals surface area contributed by atoms with Crippen molar-refractivity contribution in [2.45, 2.75) is 20.8 Å². The van der Waals surface area contributed by atoms with Gasteiger partial charge in [0.1, 0.15) is 5.82 Å². The number of aryl methyl sites for hydroxylation is 2. The van der Waals surface area contributed by atoms with Crippen LogP contribution in [0.2, 0.25) is 0 Å². The van der Waals surface area contributed by atoms with Gasteiger partial charge >= 0.3 is 0 Å². The zero-order valence-electron chi connectivity index (χ0n) is 15.5. The van der Waals surface area contributed by atoms with Gasteiger partial charge in [0.2, 0.25) is 0 Å². The lowest BCUT2D eigenvalue weighted by molar-refractivity contribution is 0.101. The number of nitrogens with zero attached hydrogens (tertiary/aromatic N) is 1. The van der Waals surface area contributed by atoms with Crippen LogP contribution in [0.5, 0.6) is 0 Å². The van der Waals surface area contributed by atoms with Gasteiger partial charge in [-0.2, -0.15) is 0 Å². The maximum atomic E-state index is 12.4. The average molecular weight is 359 g/mol. The van der Waals surface area contributed by atoms with Crippen LogP contribution < -0.4 is 10.6 Å². The number of carbonyl (C=O) groups is 2. The maximum Gasteiger partial charge on any atom is 0.257 e. The summed E-state index contributed by atoms with van der Waals surface area (Å²) in [6, 6.07) is 16.6. The van der Waals surface area contributed by atoms with Gasteiger partial charge in [-0.05, 0) is 74.4 Å². The molecule has 0 fully saturated rings.